The predicted octanol–water partition coefficient (Wildman–Crippen LogP) is 5.83. The summed E-state index contributed by atoms with van der Waals surface area (Å²) in [7, 11) is 3.69. The molecule has 0 saturated carbocycles. The van der Waals surface area contributed by atoms with Crippen LogP contribution in [-0.4, -0.2) is 38.2 Å². The summed E-state index contributed by atoms with van der Waals surface area (Å²) in [4.78, 5) is 18.1. The van der Waals surface area contributed by atoms with Crippen molar-refractivity contribution in [2.45, 2.75) is 5.92 Å². The van der Waals surface area contributed by atoms with Crippen molar-refractivity contribution in [3.8, 4) is 17.0 Å². The minimum atomic E-state index is 0.0489. The minimum absolute atomic E-state index is 0.0489. The van der Waals surface area contributed by atoms with Crippen LogP contribution in [0.1, 0.15) is 17.0 Å². The summed E-state index contributed by atoms with van der Waals surface area (Å²) in [5.41, 5.74) is 8.21. The van der Waals surface area contributed by atoms with Gasteiger partial charge in [0.2, 0.25) is 5.88 Å². The van der Waals surface area contributed by atoms with Crippen LogP contribution in [-0.2, 0) is 7.05 Å². The maximum absolute atomic E-state index is 5.26. The highest BCUT2D eigenvalue weighted by Crippen LogP contribution is 2.33. The van der Waals surface area contributed by atoms with Crippen LogP contribution in [0.3, 0.4) is 0 Å². The van der Waals surface area contributed by atoms with Crippen LogP contribution in [0.5, 0.6) is 5.88 Å². The Morgan fingerprint density at radius 3 is 2.59 bits per heavy atom. The Kier molecular flexibility index (Phi) is 5.94. The maximum Gasteiger partial charge on any atom is 0.212 e. The van der Waals surface area contributed by atoms with E-state index in [1.807, 2.05) is 24.5 Å². The molecule has 6 aromatic rings. The van der Waals surface area contributed by atoms with E-state index in [1.165, 1.54) is 10.9 Å². The van der Waals surface area contributed by atoms with Crippen molar-refractivity contribution >= 4 is 27.6 Å². The first-order valence-electron chi connectivity index (χ1n) is 12.1. The smallest absolute Gasteiger partial charge is 0.212 e. The Labute approximate surface area is 214 Å². The van der Waals surface area contributed by atoms with E-state index in [0.717, 1.165) is 39.0 Å². The summed E-state index contributed by atoms with van der Waals surface area (Å²) in [5, 5.41) is 4.87. The molecule has 7 nitrogen and oxygen atoms in total. The van der Waals surface area contributed by atoms with Gasteiger partial charge in [0.1, 0.15) is 0 Å². The molecule has 7 heteroatoms. The molecule has 0 amide bonds. The number of methoxy groups -OCH3 is 1. The lowest BCUT2D eigenvalue weighted by atomic mass is 9.93. The van der Waals surface area contributed by atoms with E-state index in [1.54, 1.807) is 25.7 Å². The number of hydrogen-bond acceptors (Lipinski definition) is 6. The Hall–Kier alpha value is -4.78. The second-order valence-electron chi connectivity index (χ2n) is 9.00. The van der Waals surface area contributed by atoms with E-state index in [0.29, 0.717) is 12.4 Å². The molecule has 0 spiro atoms. The topological polar surface area (TPSA) is 77.8 Å². The largest absolute Gasteiger partial charge is 0.481 e. The molecule has 37 heavy (non-hydrogen) atoms. The molecule has 2 aromatic carbocycles. The zero-order valence-electron chi connectivity index (χ0n) is 20.7. The van der Waals surface area contributed by atoms with Gasteiger partial charge in [-0.05, 0) is 52.4 Å². The number of benzene rings is 2. The molecule has 0 aliphatic heterocycles. The normalized spacial score (nSPS) is 12.1. The number of pyridine rings is 2. The van der Waals surface area contributed by atoms with Gasteiger partial charge in [-0.1, -0.05) is 24.3 Å². The molecule has 4 heterocycles. The molecule has 0 aliphatic carbocycles. The SMILES string of the molecule is COc1ccc(C(CNc2cc(-c3ccc4ccn(C)c4c3)c3nccnc3c2)c2cccnc2)cn1. The molecule has 6 rings (SSSR count). The van der Waals surface area contributed by atoms with Gasteiger partial charge in [0.15, 0.2) is 0 Å². The van der Waals surface area contributed by atoms with Crippen molar-refractivity contribution < 1.29 is 4.74 Å². The zero-order chi connectivity index (χ0) is 25.2. The molecule has 0 saturated heterocycles. The zero-order valence-corrected chi connectivity index (χ0v) is 20.7. The molecule has 1 unspecified atom stereocenters. The van der Waals surface area contributed by atoms with Crippen LogP contribution in [0, 0.1) is 0 Å². The maximum atomic E-state index is 5.26. The number of fused-ring (bicyclic) bond motifs is 2. The van der Waals surface area contributed by atoms with Gasteiger partial charge in [-0.3, -0.25) is 15.0 Å². The number of anilines is 1. The predicted molar refractivity (Wildman–Crippen MR) is 147 cm³/mol. The molecule has 0 radical (unpaired) electrons. The summed E-state index contributed by atoms with van der Waals surface area (Å²) >= 11 is 0. The Balaban J connectivity index is 1.38. The number of nitrogens with one attached hydrogen (secondary N) is 1. The second-order valence-corrected chi connectivity index (χ2v) is 9.00. The Morgan fingerprint density at radius 2 is 1.78 bits per heavy atom. The Bertz CT molecular complexity index is 1680. The van der Waals surface area contributed by atoms with Crippen LogP contribution in [0.15, 0.2) is 97.8 Å². The molecule has 0 aliphatic rings. The third-order valence-corrected chi connectivity index (χ3v) is 6.74. The van der Waals surface area contributed by atoms with Gasteiger partial charge >= 0.3 is 0 Å². The van der Waals surface area contributed by atoms with E-state index in [4.69, 9.17) is 4.74 Å². The number of aryl methyl sites for hydroxylation is 1. The molecule has 1 N–H and O–H groups in total. The van der Waals surface area contributed by atoms with Crippen molar-refractivity contribution in [1.29, 1.82) is 0 Å². The number of nitrogens with zero attached hydrogens (tertiary/aromatic N) is 5. The number of rotatable bonds is 7. The summed E-state index contributed by atoms with van der Waals surface area (Å²) in [6.07, 6.45) is 11.1. The summed E-state index contributed by atoms with van der Waals surface area (Å²) in [6.45, 7) is 0.655. The minimum Gasteiger partial charge on any atom is -0.481 e. The monoisotopic (exact) mass is 486 g/mol. The summed E-state index contributed by atoms with van der Waals surface area (Å²) in [6, 6.07) is 20.9. The number of aromatic nitrogens is 5. The first-order valence-corrected chi connectivity index (χ1v) is 12.1. The van der Waals surface area contributed by atoms with E-state index < -0.39 is 0 Å². The average molecular weight is 487 g/mol. The van der Waals surface area contributed by atoms with Crippen molar-refractivity contribution in [3.63, 3.8) is 0 Å². The van der Waals surface area contributed by atoms with Gasteiger partial charge in [0, 0.05) is 79.5 Å². The summed E-state index contributed by atoms with van der Waals surface area (Å²) < 4.78 is 7.39. The Morgan fingerprint density at radius 1 is 0.892 bits per heavy atom. The van der Waals surface area contributed by atoms with Gasteiger partial charge in [-0.25, -0.2) is 4.98 Å². The van der Waals surface area contributed by atoms with E-state index in [2.05, 4.69) is 91.6 Å². The molecular formula is C30H26N6O. The highest BCUT2D eigenvalue weighted by atomic mass is 16.5. The van der Waals surface area contributed by atoms with Crippen LogP contribution in [0.2, 0.25) is 0 Å². The standard InChI is InChI=1S/C30H26N6O/c1-36-13-9-20-5-6-21(14-28(20)36)25-15-24(16-27-30(25)33-12-11-32-27)34-19-26(22-4-3-10-31-17-22)23-7-8-29(37-2)35-18-23/h3-18,26,34H,19H2,1-2H3. The van der Waals surface area contributed by atoms with Crippen LogP contribution in [0.25, 0.3) is 33.1 Å². The number of hydrogen-bond donors (Lipinski definition) is 1. The van der Waals surface area contributed by atoms with Gasteiger partial charge in [-0.2, -0.15) is 0 Å². The quantitative estimate of drug-likeness (QED) is 0.306. The fourth-order valence-corrected chi connectivity index (χ4v) is 4.78. The molecule has 0 bridgehead atoms. The van der Waals surface area contributed by atoms with Gasteiger partial charge in [0.05, 0.1) is 18.1 Å². The lowest BCUT2D eigenvalue weighted by Gasteiger charge is -2.20. The van der Waals surface area contributed by atoms with E-state index >= 15 is 0 Å². The highest BCUT2D eigenvalue weighted by Gasteiger charge is 2.17. The molecular weight excluding hydrogens is 460 g/mol. The van der Waals surface area contributed by atoms with Crippen LogP contribution >= 0.6 is 0 Å². The van der Waals surface area contributed by atoms with Gasteiger partial charge < -0.3 is 14.6 Å². The highest BCUT2D eigenvalue weighted by molar-refractivity contribution is 5.97. The van der Waals surface area contributed by atoms with Crippen LogP contribution < -0.4 is 10.1 Å². The number of ether oxygens (including phenoxy) is 1. The van der Waals surface area contributed by atoms with Gasteiger partial charge in [-0.15, -0.1) is 0 Å². The second kappa shape index (κ2) is 9.70. The van der Waals surface area contributed by atoms with Crippen molar-refractivity contribution in [2.75, 3.05) is 19.0 Å². The van der Waals surface area contributed by atoms with E-state index in [9.17, 15) is 0 Å². The first kappa shape index (κ1) is 22.7. The van der Waals surface area contributed by atoms with E-state index in [-0.39, 0.29) is 5.92 Å². The third kappa shape index (κ3) is 4.47. The van der Waals surface area contributed by atoms with Crippen molar-refractivity contribution in [2.24, 2.45) is 7.05 Å². The van der Waals surface area contributed by atoms with Crippen LogP contribution in [0.4, 0.5) is 5.69 Å². The van der Waals surface area contributed by atoms with Crippen molar-refractivity contribution in [1.82, 2.24) is 24.5 Å². The first-order chi connectivity index (χ1) is 18.2. The van der Waals surface area contributed by atoms with Gasteiger partial charge in [0.25, 0.3) is 0 Å². The molecule has 182 valence electrons. The lowest BCUT2D eigenvalue weighted by Crippen LogP contribution is -2.15. The molecule has 0 fully saturated rings. The molecule has 1 atom stereocenters. The fraction of sp³-hybridized carbons (Fsp3) is 0.133. The lowest BCUT2D eigenvalue weighted by molar-refractivity contribution is 0.397. The third-order valence-electron chi connectivity index (χ3n) is 6.74. The molecule has 4 aromatic heterocycles. The van der Waals surface area contributed by atoms with Crippen molar-refractivity contribution in [3.05, 3.63) is 109 Å². The summed E-state index contributed by atoms with van der Waals surface area (Å²) in [5.74, 6) is 0.641. The average Bonchev–Trinajstić information content (AvgIpc) is 3.33. The fourth-order valence-electron chi connectivity index (χ4n) is 4.78.